The van der Waals surface area contributed by atoms with Crippen molar-refractivity contribution in [3.05, 3.63) is 47.5 Å². The first-order valence-corrected chi connectivity index (χ1v) is 9.14. The van der Waals surface area contributed by atoms with Crippen molar-refractivity contribution >= 4 is 5.91 Å². The van der Waals surface area contributed by atoms with Crippen LogP contribution in [0.5, 0.6) is 5.88 Å². The summed E-state index contributed by atoms with van der Waals surface area (Å²) in [6.45, 7) is 3.01. The van der Waals surface area contributed by atoms with Crippen LogP contribution in [0.2, 0.25) is 0 Å². The van der Waals surface area contributed by atoms with Crippen molar-refractivity contribution in [3.63, 3.8) is 0 Å². The summed E-state index contributed by atoms with van der Waals surface area (Å²) >= 11 is 0. The first-order valence-electron chi connectivity index (χ1n) is 9.14. The number of aromatic nitrogens is 1. The van der Waals surface area contributed by atoms with E-state index in [2.05, 4.69) is 15.2 Å². The number of nitrogens with one attached hydrogen (secondary N) is 1. The smallest absolute Gasteiger partial charge is 0.422 e. The molecule has 158 valence electrons. The summed E-state index contributed by atoms with van der Waals surface area (Å²) in [5.74, 6) is 0.514. The van der Waals surface area contributed by atoms with E-state index >= 15 is 0 Å². The third-order valence-corrected chi connectivity index (χ3v) is 4.42. The highest BCUT2D eigenvalue weighted by Gasteiger charge is 2.30. The average Bonchev–Trinajstić information content (AvgIpc) is 3.13. The molecule has 0 aliphatic carbocycles. The van der Waals surface area contributed by atoms with Crippen molar-refractivity contribution in [2.45, 2.75) is 19.1 Å². The van der Waals surface area contributed by atoms with Gasteiger partial charge in [-0.2, -0.15) is 13.2 Å². The number of rotatable bonds is 7. The maximum atomic E-state index is 12.6. The quantitative estimate of drug-likeness (QED) is 0.752. The van der Waals surface area contributed by atoms with E-state index in [1.165, 1.54) is 18.3 Å². The number of carbonyl (C=O) groups is 1. The molecular weight excluding hydrogens is 391 g/mol. The lowest BCUT2D eigenvalue weighted by molar-refractivity contribution is -0.154. The summed E-state index contributed by atoms with van der Waals surface area (Å²) < 4.78 is 53.1. The predicted molar refractivity (Wildman–Crippen MR) is 96.7 cm³/mol. The molecule has 0 bridgehead atoms. The van der Waals surface area contributed by atoms with Gasteiger partial charge in [0.15, 0.2) is 6.61 Å². The van der Waals surface area contributed by atoms with Crippen LogP contribution >= 0.6 is 0 Å². The molecule has 3 rings (SSSR count). The highest BCUT2D eigenvalue weighted by molar-refractivity contribution is 5.96. The lowest BCUT2D eigenvalue weighted by Crippen LogP contribution is -2.43. The second-order valence-corrected chi connectivity index (χ2v) is 6.58. The van der Waals surface area contributed by atoms with Gasteiger partial charge in [0.05, 0.1) is 19.3 Å². The van der Waals surface area contributed by atoms with Gasteiger partial charge in [-0.25, -0.2) is 4.98 Å². The fourth-order valence-corrected chi connectivity index (χ4v) is 3.04. The number of carbonyl (C=O) groups excluding carboxylic acids is 1. The molecule has 0 unspecified atom stereocenters. The van der Waals surface area contributed by atoms with Crippen LogP contribution in [0.4, 0.5) is 13.2 Å². The Kier molecular flexibility index (Phi) is 6.75. The van der Waals surface area contributed by atoms with E-state index in [-0.39, 0.29) is 24.0 Å². The highest BCUT2D eigenvalue weighted by atomic mass is 19.4. The number of pyridine rings is 1. The average molecular weight is 413 g/mol. The molecule has 10 heteroatoms. The number of halogens is 3. The van der Waals surface area contributed by atoms with E-state index < -0.39 is 18.7 Å². The molecule has 1 saturated heterocycles. The van der Waals surface area contributed by atoms with Crippen LogP contribution in [0.1, 0.15) is 27.9 Å². The number of ether oxygens (including phenoxy) is 2. The van der Waals surface area contributed by atoms with Gasteiger partial charge in [-0.3, -0.25) is 9.69 Å². The molecule has 0 saturated carbocycles. The molecule has 1 amide bonds. The van der Waals surface area contributed by atoms with Gasteiger partial charge >= 0.3 is 6.18 Å². The van der Waals surface area contributed by atoms with Gasteiger partial charge in [0.2, 0.25) is 5.88 Å². The van der Waals surface area contributed by atoms with Crippen LogP contribution in [-0.4, -0.2) is 61.4 Å². The van der Waals surface area contributed by atoms with E-state index in [9.17, 15) is 18.0 Å². The third kappa shape index (κ3) is 5.94. The van der Waals surface area contributed by atoms with Gasteiger partial charge in [0, 0.05) is 25.8 Å². The van der Waals surface area contributed by atoms with Crippen LogP contribution in [0, 0.1) is 6.92 Å². The number of furan rings is 1. The van der Waals surface area contributed by atoms with Crippen LogP contribution < -0.4 is 10.1 Å². The second-order valence-electron chi connectivity index (χ2n) is 6.58. The zero-order valence-electron chi connectivity index (χ0n) is 15.9. The molecule has 29 heavy (non-hydrogen) atoms. The monoisotopic (exact) mass is 413 g/mol. The van der Waals surface area contributed by atoms with E-state index in [4.69, 9.17) is 13.9 Å². The summed E-state index contributed by atoms with van der Waals surface area (Å²) in [6.07, 6.45) is -3.26. The molecule has 1 atom stereocenters. The molecule has 1 aliphatic rings. The number of amides is 1. The van der Waals surface area contributed by atoms with Crippen molar-refractivity contribution in [2.75, 3.05) is 39.5 Å². The Morgan fingerprint density at radius 2 is 2.07 bits per heavy atom. The van der Waals surface area contributed by atoms with Crippen molar-refractivity contribution in [1.29, 1.82) is 0 Å². The number of morpholine rings is 1. The molecule has 1 aliphatic heterocycles. The zero-order valence-corrected chi connectivity index (χ0v) is 15.9. The molecular formula is C19H22F3N3O4. The first-order chi connectivity index (χ1) is 13.8. The van der Waals surface area contributed by atoms with Gasteiger partial charge < -0.3 is 19.2 Å². The molecule has 3 heterocycles. The SMILES string of the molecule is Cc1ccc([C@@H](CNC(=O)c2cccnc2OCC(F)(F)F)N2CCOCC2)o1. The minimum Gasteiger partial charge on any atom is -0.467 e. The lowest BCUT2D eigenvalue weighted by Gasteiger charge is -2.33. The van der Waals surface area contributed by atoms with Crippen molar-refractivity contribution in [3.8, 4) is 5.88 Å². The van der Waals surface area contributed by atoms with Crippen molar-refractivity contribution in [2.24, 2.45) is 0 Å². The van der Waals surface area contributed by atoms with E-state index in [1.807, 2.05) is 19.1 Å². The van der Waals surface area contributed by atoms with Crippen molar-refractivity contribution < 1.29 is 31.9 Å². The Labute approximate surface area is 165 Å². The second kappa shape index (κ2) is 9.27. The first kappa shape index (κ1) is 21.1. The molecule has 1 fully saturated rings. The number of nitrogens with zero attached hydrogens (tertiary/aromatic N) is 2. The van der Waals surface area contributed by atoms with Crippen LogP contribution in [0.3, 0.4) is 0 Å². The topological polar surface area (TPSA) is 76.8 Å². The normalized spacial score (nSPS) is 16.4. The Hall–Kier alpha value is -2.59. The lowest BCUT2D eigenvalue weighted by atomic mass is 10.1. The van der Waals surface area contributed by atoms with E-state index in [0.29, 0.717) is 32.1 Å². The largest absolute Gasteiger partial charge is 0.467 e. The fraction of sp³-hybridized carbons (Fsp3) is 0.474. The number of alkyl halides is 3. The summed E-state index contributed by atoms with van der Waals surface area (Å²) in [4.78, 5) is 18.5. The summed E-state index contributed by atoms with van der Waals surface area (Å²) in [5, 5.41) is 2.76. The zero-order chi connectivity index (χ0) is 20.9. The Morgan fingerprint density at radius 1 is 1.31 bits per heavy atom. The molecule has 1 N–H and O–H groups in total. The molecule has 0 spiro atoms. The summed E-state index contributed by atoms with van der Waals surface area (Å²) in [5.41, 5.74) is -0.0619. The molecule has 7 nitrogen and oxygen atoms in total. The molecule has 2 aromatic rings. The Balaban J connectivity index is 1.70. The standard InChI is InChI=1S/C19H22F3N3O4/c1-13-4-5-16(29-13)15(25-7-9-27-10-8-25)11-24-17(26)14-3-2-6-23-18(14)28-12-19(20,21)22/h2-6,15H,7-12H2,1H3,(H,24,26)/t15-/m1/s1. The summed E-state index contributed by atoms with van der Waals surface area (Å²) in [6, 6.07) is 6.30. The Morgan fingerprint density at radius 3 is 2.72 bits per heavy atom. The van der Waals surface area contributed by atoms with Crippen LogP contribution in [0.15, 0.2) is 34.9 Å². The van der Waals surface area contributed by atoms with Crippen molar-refractivity contribution in [1.82, 2.24) is 15.2 Å². The van der Waals surface area contributed by atoms with Gasteiger partial charge in [-0.1, -0.05) is 0 Å². The maximum absolute atomic E-state index is 12.6. The number of aryl methyl sites for hydroxylation is 1. The maximum Gasteiger partial charge on any atom is 0.422 e. The predicted octanol–water partition coefficient (Wildman–Crippen LogP) is 2.73. The van der Waals surface area contributed by atoms with Crippen LogP contribution in [0.25, 0.3) is 0 Å². The summed E-state index contributed by atoms with van der Waals surface area (Å²) in [7, 11) is 0. The molecule has 2 aromatic heterocycles. The van der Waals surface area contributed by atoms with Gasteiger partial charge in [-0.05, 0) is 31.2 Å². The van der Waals surface area contributed by atoms with E-state index in [0.717, 1.165) is 5.76 Å². The number of hydrogen-bond acceptors (Lipinski definition) is 6. The minimum absolute atomic E-state index is 0.0619. The highest BCUT2D eigenvalue weighted by Crippen LogP contribution is 2.24. The minimum atomic E-state index is -4.52. The van der Waals surface area contributed by atoms with Gasteiger partial charge in [-0.15, -0.1) is 0 Å². The Bertz CT molecular complexity index is 819. The van der Waals surface area contributed by atoms with Crippen LogP contribution in [-0.2, 0) is 4.74 Å². The number of hydrogen-bond donors (Lipinski definition) is 1. The van der Waals surface area contributed by atoms with Gasteiger partial charge in [0.1, 0.15) is 17.1 Å². The van der Waals surface area contributed by atoms with E-state index in [1.54, 1.807) is 0 Å². The molecule has 0 aromatic carbocycles. The van der Waals surface area contributed by atoms with Gasteiger partial charge in [0.25, 0.3) is 5.91 Å². The fourth-order valence-electron chi connectivity index (χ4n) is 3.04. The third-order valence-electron chi connectivity index (χ3n) is 4.42. The molecule has 0 radical (unpaired) electrons.